The maximum Gasteiger partial charge on any atom is 0.338 e. The number of nitrogens with zero attached hydrogens (tertiary/aromatic N) is 1. The molecule has 0 amide bonds. The first-order valence-corrected chi connectivity index (χ1v) is 14.5. The second-order valence-electron chi connectivity index (χ2n) is 10.4. The summed E-state index contributed by atoms with van der Waals surface area (Å²) in [5.41, 5.74) is -1.53. The van der Waals surface area contributed by atoms with Crippen LogP contribution in [0, 0.1) is 18.8 Å². The second-order valence-corrected chi connectivity index (χ2v) is 15.1. The van der Waals surface area contributed by atoms with Crippen LogP contribution in [0.15, 0.2) is 46.1 Å². The minimum absolute atomic E-state index is 0.0946. The van der Waals surface area contributed by atoms with Gasteiger partial charge in [0.15, 0.2) is 13.9 Å². The van der Waals surface area contributed by atoms with Crippen LogP contribution in [-0.4, -0.2) is 42.1 Å². The first-order valence-electron chi connectivity index (χ1n) is 11.6. The molecule has 1 aromatic heterocycles. The molecule has 0 saturated carbocycles. The van der Waals surface area contributed by atoms with Gasteiger partial charge < -0.3 is 13.9 Å². The number of carbonyl (C=O) groups is 1. The molecule has 1 saturated heterocycles. The van der Waals surface area contributed by atoms with Gasteiger partial charge in [-0.2, -0.15) is 0 Å². The van der Waals surface area contributed by atoms with E-state index >= 15 is 0 Å². The highest BCUT2D eigenvalue weighted by Gasteiger charge is 2.54. The number of aromatic amines is 1. The molecule has 0 radical (unpaired) electrons. The van der Waals surface area contributed by atoms with Gasteiger partial charge in [-0.15, -0.1) is 5.92 Å². The molecule has 3 atom stereocenters. The third-order valence-electron chi connectivity index (χ3n) is 6.75. The lowest BCUT2D eigenvalue weighted by molar-refractivity contribution is -0.0931. The molecule has 1 N–H and O–H groups in total. The Labute approximate surface area is 206 Å². The standard InChI is InChI=1S/C26H34N2O6Si/c1-8-14-26(17-32-23(30)19-12-10-9-11-13-19)20(34-35(6,7)25(3,4)5)15-21(33-26)28-16-18(2)22(29)27-24(28)31/h9-13,16,20-21H,15,17H2,1-7H3,(H,27,29,31)/t20-,21+,26+/m0/s1. The normalized spacial score (nSPS) is 22.4. The molecule has 0 spiro atoms. The van der Waals surface area contributed by atoms with Crippen molar-refractivity contribution in [3.05, 3.63) is 68.5 Å². The van der Waals surface area contributed by atoms with Gasteiger partial charge in [-0.1, -0.05) is 44.9 Å². The minimum Gasteiger partial charge on any atom is -0.458 e. The van der Waals surface area contributed by atoms with E-state index < -0.39 is 43.5 Å². The lowest BCUT2D eigenvalue weighted by Crippen LogP contribution is -2.52. The van der Waals surface area contributed by atoms with Crippen molar-refractivity contribution < 1.29 is 18.7 Å². The number of esters is 1. The lowest BCUT2D eigenvalue weighted by atomic mass is 9.98. The summed E-state index contributed by atoms with van der Waals surface area (Å²) in [5.74, 6) is 5.49. The molecule has 3 rings (SSSR count). The SMILES string of the molecule is CC#C[C@]1(COC(=O)c2ccccc2)O[C@@H](n2cc(C)c(=O)[nH]c2=O)C[C@@H]1O[Si](C)(C)C(C)(C)C. The van der Waals surface area contributed by atoms with Crippen molar-refractivity contribution in [1.29, 1.82) is 0 Å². The molecule has 8 nitrogen and oxygen atoms in total. The van der Waals surface area contributed by atoms with Gasteiger partial charge in [-0.3, -0.25) is 14.3 Å². The van der Waals surface area contributed by atoms with Crippen LogP contribution >= 0.6 is 0 Å². The molecule has 0 unspecified atom stereocenters. The zero-order valence-electron chi connectivity index (χ0n) is 21.4. The van der Waals surface area contributed by atoms with E-state index in [0.29, 0.717) is 17.5 Å². The third-order valence-corrected chi connectivity index (χ3v) is 11.2. The number of H-pyrrole nitrogens is 1. The average molecular weight is 499 g/mol. The molecule has 1 aliphatic heterocycles. The van der Waals surface area contributed by atoms with Crippen molar-refractivity contribution in [3.8, 4) is 11.8 Å². The number of ether oxygens (including phenoxy) is 2. The van der Waals surface area contributed by atoms with Crippen molar-refractivity contribution >= 4 is 14.3 Å². The van der Waals surface area contributed by atoms with Gasteiger partial charge in [-0.05, 0) is 44.1 Å². The molecule has 0 bridgehead atoms. The van der Waals surface area contributed by atoms with Crippen LogP contribution in [0.2, 0.25) is 18.1 Å². The highest BCUT2D eigenvalue weighted by molar-refractivity contribution is 6.74. The Morgan fingerprint density at radius 1 is 1.26 bits per heavy atom. The van der Waals surface area contributed by atoms with E-state index in [2.05, 4.69) is 50.7 Å². The molecule has 2 heterocycles. The summed E-state index contributed by atoms with van der Waals surface area (Å²) >= 11 is 0. The number of nitrogens with one attached hydrogen (secondary N) is 1. The van der Waals surface area contributed by atoms with Crippen LogP contribution in [0.3, 0.4) is 0 Å². The fraction of sp³-hybridized carbons (Fsp3) is 0.500. The van der Waals surface area contributed by atoms with Gasteiger partial charge in [-0.25, -0.2) is 9.59 Å². The highest BCUT2D eigenvalue weighted by Crippen LogP contribution is 2.44. The molecule has 0 aliphatic carbocycles. The summed E-state index contributed by atoms with van der Waals surface area (Å²) < 4.78 is 20.2. The van der Waals surface area contributed by atoms with Crippen molar-refractivity contribution in [2.24, 2.45) is 0 Å². The highest BCUT2D eigenvalue weighted by atomic mass is 28.4. The van der Waals surface area contributed by atoms with Gasteiger partial charge in [0.25, 0.3) is 5.56 Å². The number of rotatable bonds is 6. The van der Waals surface area contributed by atoms with Crippen molar-refractivity contribution in [3.63, 3.8) is 0 Å². The average Bonchev–Trinajstić information content (AvgIpc) is 3.12. The van der Waals surface area contributed by atoms with Gasteiger partial charge in [0.05, 0.1) is 11.7 Å². The summed E-state index contributed by atoms with van der Waals surface area (Å²) in [6.07, 6.45) is 0.448. The fourth-order valence-corrected chi connectivity index (χ4v) is 5.05. The number of hydrogen-bond acceptors (Lipinski definition) is 6. The number of aryl methyl sites for hydroxylation is 1. The van der Waals surface area contributed by atoms with Gasteiger partial charge in [0, 0.05) is 18.2 Å². The maximum atomic E-state index is 12.7. The summed E-state index contributed by atoms with van der Waals surface area (Å²) in [7, 11) is -2.31. The van der Waals surface area contributed by atoms with Crippen LogP contribution in [-0.2, 0) is 13.9 Å². The zero-order chi connectivity index (χ0) is 26.0. The predicted molar refractivity (Wildman–Crippen MR) is 136 cm³/mol. The number of aromatic nitrogens is 2. The first-order chi connectivity index (χ1) is 16.3. The van der Waals surface area contributed by atoms with Crippen LogP contribution in [0.1, 0.15) is 56.3 Å². The van der Waals surface area contributed by atoms with E-state index in [1.165, 1.54) is 10.8 Å². The quantitative estimate of drug-likeness (QED) is 0.370. The van der Waals surface area contributed by atoms with E-state index in [-0.39, 0.29) is 11.6 Å². The Balaban J connectivity index is 2.01. The number of hydrogen-bond donors (Lipinski definition) is 1. The van der Waals surface area contributed by atoms with E-state index in [1.807, 2.05) is 6.07 Å². The van der Waals surface area contributed by atoms with Crippen LogP contribution in [0.5, 0.6) is 0 Å². The third kappa shape index (κ3) is 5.67. The molecular weight excluding hydrogens is 464 g/mol. The van der Waals surface area contributed by atoms with Gasteiger partial charge >= 0.3 is 11.7 Å². The van der Waals surface area contributed by atoms with E-state index in [1.54, 1.807) is 38.1 Å². The Bertz CT molecular complexity index is 1250. The Hall–Kier alpha value is -2.93. The molecule has 9 heteroatoms. The van der Waals surface area contributed by atoms with Crippen molar-refractivity contribution in [2.75, 3.05) is 6.61 Å². The van der Waals surface area contributed by atoms with Gasteiger partial charge in [0.1, 0.15) is 12.8 Å². The molecule has 1 aliphatic rings. The van der Waals surface area contributed by atoms with Gasteiger partial charge in [0.2, 0.25) is 0 Å². The lowest BCUT2D eigenvalue weighted by Gasteiger charge is -2.41. The first kappa shape index (κ1) is 26.7. The Morgan fingerprint density at radius 2 is 1.91 bits per heavy atom. The van der Waals surface area contributed by atoms with Crippen LogP contribution in [0.25, 0.3) is 0 Å². The molecule has 1 aromatic carbocycles. The molecular formula is C26H34N2O6Si. The molecule has 2 aromatic rings. The number of carbonyl (C=O) groups excluding carboxylic acids is 1. The van der Waals surface area contributed by atoms with E-state index in [9.17, 15) is 14.4 Å². The fourth-order valence-electron chi connectivity index (χ4n) is 3.70. The smallest absolute Gasteiger partial charge is 0.338 e. The largest absolute Gasteiger partial charge is 0.458 e. The molecule has 1 fully saturated rings. The second kappa shape index (κ2) is 9.97. The Kier molecular flexibility index (Phi) is 7.60. The van der Waals surface area contributed by atoms with E-state index in [4.69, 9.17) is 13.9 Å². The minimum atomic E-state index is -2.31. The summed E-state index contributed by atoms with van der Waals surface area (Å²) in [5, 5.41) is -0.0946. The van der Waals surface area contributed by atoms with Crippen molar-refractivity contribution in [1.82, 2.24) is 9.55 Å². The van der Waals surface area contributed by atoms with Crippen LogP contribution in [0.4, 0.5) is 0 Å². The maximum absolute atomic E-state index is 12.7. The summed E-state index contributed by atoms with van der Waals surface area (Å²) in [4.78, 5) is 39.6. The summed E-state index contributed by atoms with van der Waals surface area (Å²) in [6, 6.07) is 8.68. The van der Waals surface area contributed by atoms with Crippen LogP contribution < -0.4 is 11.2 Å². The van der Waals surface area contributed by atoms with E-state index in [0.717, 1.165) is 0 Å². The Morgan fingerprint density at radius 3 is 2.51 bits per heavy atom. The topological polar surface area (TPSA) is 99.6 Å². The number of benzene rings is 1. The molecule has 35 heavy (non-hydrogen) atoms. The molecule has 188 valence electrons. The predicted octanol–water partition coefficient (Wildman–Crippen LogP) is 3.77. The van der Waals surface area contributed by atoms with Crippen molar-refractivity contribution in [2.45, 2.75) is 77.1 Å². The zero-order valence-corrected chi connectivity index (χ0v) is 22.4. The summed E-state index contributed by atoms with van der Waals surface area (Å²) in [6.45, 7) is 13.8. The monoisotopic (exact) mass is 498 g/mol.